The molecular weight excluding hydrogens is 282 g/mol. The van der Waals surface area contributed by atoms with E-state index in [2.05, 4.69) is 15.1 Å². The monoisotopic (exact) mass is 297 g/mol. The number of furan rings is 1. The van der Waals surface area contributed by atoms with Crippen molar-refractivity contribution in [2.45, 2.75) is 18.8 Å². The molecule has 0 bridgehead atoms. The summed E-state index contributed by atoms with van der Waals surface area (Å²) in [5.41, 5.74) is 1.04. The fourth-order valence-corrected chi connectivity index (χ4v) is 3.02. The molecule has 1 atom stereocenters. The Morgan fingerprint density at radius 1 is 1.32 bits per heavy atom. The second kappa shape index (κ2) is 5.25. The minimum Gasteiger partial charge on any atom is -0.459 e. The number of nitrogens with zero attached hydrogens (tertiary/aromatic N) is 5. The Hall–Kier alpha value is -2.70. The van der Waals surface area contributed by atoms with Gasteiger partial charge in [0.15, 0.2) is 5.76 Å². The number of piperidine rings is 1. The van der Waals surface area contributed by atoms with Gasteiger partial charge in [0.2, 0.25) is 0 Å². The van der Waals surface area contributed by atoms with Crippen molar-refractivity contribution in [2.75, 3.05) is 13.1 Å². The van der Waals surface area contributed by atoms with E-state index in [0.29, 0.717) is 18.1 Å². The highest BCUT2D eigenvalue weighted by atomic mass is 16.3. The summed E-state index contributed by atoms with van der Waals surface area (Å²) in [4.78, 5) is 22.6. The summed E-state index contributed by atoms with van der Waals surface area (Å²) in [5, 5.41) is 4.23. The molecule has 0 aromatic carbocycles. The molecule has 1 aliphatic heterocycles. The van der Waals surface area contributed by atoms with Crippen LogP contribution in [0.25, 0.3) is 5.78 Å². The maximum atomic E-state index is 12.4. The molecule has 0 saturated carbocycles. The van der Waals surface area contributed by atoms with Crippen LogP contribution in [0.15, 0.2) is 41.4 Å². The van der Waals surface area contributed by atoms with E-state index in [9.17, 15) is 4.79 Å². The van der Waals surface area contributed by atoms with Crippen molar-refractivity contribution in [2.24, 2.45) is 0 Å². The molecule has 1 saturated heterocycles. The van der Waals surface area contributed by atoms with Crippen LogP contribution in [0.2, 0.25) is 0 Å². The Kier molecular flexibility index (Phi) is 3.10. The highest BCUT2D eigenvalue weighted by Crippen LogP contribution is 2.27. The van der Waals surface area contributed by atoms with E-state index >= 15 is 0 Å². The van der Waals surface area contributed by atoms with Crippen LogP contribution in [0.3, 0.4) is 0 Å². The fourth-order valence-electron chi connectivity index (χ4n) is 3.02. The summed E-state index contributed by atoms with van der Waals surface area (Å²) < 4.78 is 6.97. The second-order valence-corrected chi connectivity index (χ2v) is 5.41. The molecule has 4 rings (SSSR count). The first-order valence-corrected chi connectivity index (χ1v) is 7.30. The van der Waals surface area contributed by atoms with Crippen LogP contribution in [0.5, 0.6) is 0 Å². The molecule has 22 heavy (non-hydrogen) atoms. The van der Waals surface area contributed by atoms with Crippen LogP contribution in [0.1, 0.15) is 35.0 Å². The van der Waals surface area contributed by atoms with Crippen LogP contribution < -0.4 is 0 Å². The standard InChI is InChI=1S/C15H15N5O2/c21-14(13-4-2-8-22-13)19-7-1-3-11(9-19)12-5-6-16-15-17-10-18-20(12)15/h2,4-6,8,10-11H,1,3,7,9H2/t11-/m0/s1. The van der Waals surface area contributed by atoms with Gasteiger partial charge in [-0.1, -0.05) is 0 Å². The first-order valence-electron chi connectivity index (χ1n) is 7.30. The molecule has 112 valence electrons. The van der Waals surface area contributed by atoms with Crippen molar-refractivity contribution in [3.63, 3.8) is 0 Å². The maximum Gasteiger partial charge on any atom is 0.289 e. The van der Waals surface area contributed by atoms with E-state index in [1.165, 1.54) is 12.6 Å². The van der Waals surface area contributed by atoms with Crippen LogP contribution >= 0.6 is 0 Å². The van der Waals surface area contributed by atoms with Gasteiger partial charge in [-0.15, -0.1) is 0 Å². The van der Waals surface area contributed by atoms with Crippen molar-refractivity contribution < 1.29 is 9.21 Å². The van der Waals surface area contributed by atoms with Gasteiger partial charge < -0.3 is 9.32 Å². The zero-order chi connectivity index (χ0) is 14.9. The third-order valence-corrected chi connectivity index (χ3v) is 4.07. The molecule has 1 fully saturated rings. The third-order valence-electron chi connectivity index (χ3n) is 4.07. The highest BCUT2D eigenvalue weighted by molar-refractivity contribution is 5.91. The van der Waals surface area contributed by atoms with Gasteiger partial charge in [-0.2, -0.15) is 10.1 Å². The lowest BCUT2D eigenvalue weighted by Crippen LogP contribution is -2.39. The zero-order valence-corrected chi connectivity index (χ0v) is 11.9. The van der Waals surface area contributed by atoms with E-state index < -0.39 is 0 Å². The lowest BCUT2D eigenvalue weighted by atomic mass is 9.94. The van der Waals surface area contributed by atoms with Crippen molar-refractivity contribution in [3.05, 3.63) is 48.4 Å². The third kappa shape index (κ3) is 2.14. The van der Waals surface area contributed by atoms with Gasteiger partial charge in [0.25, 0.3) is 11.7 Å². The molecule has 0 aliphatic carbocycles. The number of hydrogen-bond donors (Lipinski definition) is 0. The second-order valence-electron chi connectivity index (χ2n) is 5.41. The van der Waals surface area contributed by atoms with Gasteiger partial charge in [0.1, 0.15) is 6.33 Å². The Labute approximate surface area is 126 Å². The van der Waals surface area contributed by atoms with Crippen molar-refractivity contribution in [1.29, 1.82) is 0 Å². The molecule has 7 nitrogen and oxygen atoms in total. The summed E-state index contributed by atoms with van der Waals surface area (Å²) in [6, 6.07) is 5.39. The summed E-state index contributed by atoms with van der Waals surface area (Å²) in [6.07, 6.45) is 6.74. The Balaban J connectivity index is 1.61. The van der Waals surface area contributed by atoms with Gasteiger partial charge in [-0.3, -0.25) is 4.79 Å². The summed E-state index contributed by atoms with van der Waals surface area (Å²) >= 11 is 0. The van der Waals surface area contributed by atoms with Gasteiger partial charge in [0, 0.05) is 25.2 Å². The number of carbonyl (C=O) groups excluding carboxylic acids is 1. The normalized spacial score (nSPS) is 18.7. The van der Waals surface area contributed by atoms with E-state index in [1.807, 2.05) is 11.0 Å². The Morgan fingerprint density at radius 3 is 3.14 bits per heavy atom. The SMILES string of the molecule is O=C(c1ccco1)N1CCC[C@H](c2ccnc3ncnn23)C1. The van der Waals surface area contributed by atoms with Gasteiger partial charge in [-0.05, 0) is 31.0 Å². The Bertz CT molecular complexity index is 795. The van der Waals surface area contributed by atoms with Gasteiger partial charge >= 0.3 is 0 Å². The largest absolute Gasteiger partial charge is 0.459 e. The van der Waals surface area contributed by atoms with Crippen LogP contribution in [0, 0.1) is 0 Å². The average molecular weight is 297 g/mol. The predicted molar refractivity (Wildman–Crippen MR) is 77.4 cm³/mol. The topological polar surface area (TPSA) is 76.5 Å². The van der Waals surface area contributed by atoms with E-state index in [0.717, 1.165) is 25.1 Å². The van der Waals surface area contributed by atoms with Crippen LogP contribution in [-0.2, 0) is 0 Å². The zero-order valence-electron chi connectivity index (χ0n) is 11.9. The average Bonchev–Trinajstić information content (AvgIpc) is 3.25. The molecule has 7 heteroatoms. The van der Waals surface area contributed by atoms with Gasteiger partial charge in [-0.25, -0.2) is 9.50 Å². The molecule has 0 radical (unpaired) electrons. The summed E-state index contributed by atoms with van der Waals surface area (Å²) in [6.45, 7) is 1.40. The lowest BCUT2D eigenvalue weighted by Gasteiger charge is -2.32. The number of fused-ring (bicyclic) bond motifs is 1. The maximum absolute atomic E-state index is 12.4. The number of likely N-dealkylation sites (tertiary alicyclic amines) is 1. The van der Waals surface area contributed by atoms with Crippen LogP contribution in [-0.4, -0.2) is 43.5 Å². The summed E-state index contributed by atoms with van der Waals surface area (Å²) in [7, 11) is 0. The number of amides is 1. The molecule has 4 heterocycles. The molecule has 1 aliphatic rings. The van der Waals surface area contributed by atoms with Crippen LogP contribution in [0.4, 0.5) is 0 Å². The van der Waals surface area contributed by atoms with E-state index in [1.54, 1.807) is 22.8 Å². The van der Waals surface area contributed by atoms with Crippen molar-refractivity contribution in [1.82, 2.24) is 24.5 Å². The molecule has 0 N–H and O–H groups in total. The number of rotatable bonds is 2. The van der Waals surface area contributed by atoms with E-state index in [-0.39, 0.29) is 11.8 Å². The smallest absolute Gasteiger partial charge is 0.289 e. The molecular formula is C15H15N5O2. The molecule has 3 aromatic rings. The first kappa shape index (κ1) is 13.0. The van der Waals surface area contributed by atoms with Crippen molar-refractivity contribution in [3.8, 4) is 0 Å². The molecule has 0 spiro atoms. The quantitative estimate of drug-likeness (QED) is 0.720. The fraction of sp³-hybridized carbons (Fsp3) is 0.333. The summed E-state index contributed by atoms with van der Waals surface area (Å²) in [5.74, 6) is 1.15. The van der Waals surface area contributed by atoms with Gasteiger partial charge in [0.05, 0.1) is 12.0 Å². The molecule has 3 aromatic heterocycles. The molecule has 1 amide bonds. The van der Waals surface area contributed by atoms with E-state index in [4.69, 9.17) is 4.42 Å². The predicted octanol–water partition coefficient (Wildman–Crippen LogP) is 1.74. The Morgan fingerprint density at radius 2 is 2.27 bits per heavy atom. The molecule has 0 unspecified atom stereocenters. The number of aromatic nitrogens is 4. The minimum atomic E-state index is -0.0569. The minimum absolute atomic E-state index is 0.0569. The first-order chi connectivity index (χ1) is 10.8. The van der Waals surface area contributed by atoms with Crippen molar-refractivity contribution >= 4 is 11.7 Å². The number of carbonyl (C=O) groups is 1. The highest BCUT2D eigenvalue weighted by Gasteiger charge is 2.28. The number of hydrogen-bond acceptors (Lipinski definition) is 5. The lowest BCUT2D eigenvalue weighted by molar-refractivity contribution is 0.0673.